The molecule has 1 heterocycles. The molecule has 0 aromatic heterocycles. The van der Waals surface area contributed by atoms with Gasteiger partial charge in [-0.25, -0.2) is 22.0 Å². The standard InChI is InChI=1S/C20H14BrF5N2O2/c1-8(2)30-13-5-4-11(21)6-10(13)7-12-9(3)27-28(20(12)29)19-17(25)15(23)14(22)16(24)18(19)26/h4-8H,1-3H3/b12-7-. The molecule has 0 radical (unpaired) electrons. The quantitative estimate of drug-likeness (QED) is 0.238. The predicted octanol–water partition coefficient (Wildman–Crippen LogP) is 5.74. The van der Waals surface area contributed by atoms with E-state index in [1.54, 1.807) is 32.0 Å². The van der Waals surface area contributed by atoms with Crippen molar-refractivity contribution in [2.45, 2.75) is 26.9 Å². The summed E-state index contributed by atoms with van der Waals surface area (Å²) in [6.07, 6.45) is 1.19. The second-order valence-corrected chi connectivity index (χ2v) is 7.54. The van der Waals surface area contributed by atoms with E-state index in [4.69, 9.17) is 4.74 Å². The SMILES string of the molecule is CC1=NN(c2c(F)c(F)c(F)c(F)c2F)C(=O)/C1=C\c1cc(Br)ccc1OC(C)C. The summed E-state index contributed by atoms with van der Waals surface area (Å²) in [5.41, 5.74) is -1.05. The van der Waals surface area contributed by atoms with Gasteiger partial charge in [0.05, 0.1) is 17.4 Å². The molecule has 30 heavy (non-hydrogen) atoms. The average molecular weight is 489 g/mol. The van der Waals surface area contributed by atoms with Gasteiger partial charge in [-0.15, -0.1) is 0 Å². The van der Waals surface area contributed by atoms with Crippen LogP contribution in [0.5, 0.6) is 5.75 Å². The number of hydrogen-bond acceptors (Lipinski definition) is 3. The maximum Gasteiger partial charge on any atom is 0.280 e. The van der Waals surface area contributed by atoms with Crippen LogP contribution in [0.15, 0.2) is 33.3 Å². The number of nitrogens with zero attached hydrogens (tertiary/aromatic N) is 2. The first-order valence-corrected chi connectivity index (χ1v) is 9.41. The van der Waals surface area contributed by atoms with E-state index < -0.39 is 40.7 Å². The van der Waals surface area contributed by atoms with Gasteiger partial charge in [-0.3, -0.25) is 4.79 Å². The highest BCUT2D eigenvalue weighted by Crippen LogP contribution is 2.35. The van der Waals surface area contributed by atoms with Gasteiger partial charge in [0.2, 0.25) is 5.82 Å². The molecule has 4 nitrogen and oxygen atoms in total. The Hall–Kier alpha value is -2.75. The molecule has 0 bridgehead atoms. The van der Waals surface area contributed by atoms with Crippen molar-refractivity contribution in [1.29, 1.82) is 0 Å². The van der Waals surface area contributed by atoms with Crippen molar-refractivity contribution in [3.8, 4) is 5.75 Å². The van der Waals surface area contributed by atoms with E-state index in [0.717, 1.165) is 0 Å². The van der Waals surface area contributed by atoms with E-state index in [1.165, 1.54) is 13.0 Å². The smallest absolute Gasteiger partial charge is 0.280 e. The number of amides is 1. The topological polar surface area (TPSA) is 41.9 Å². The maximum atomic E-state index is 14.1. The number of ether oxygens (including phenoxy) is 1. The van der Waals surface area contributed by atoms with Crippen LogP contribution < -0.4 is 9.75 Å². The molecule has 1 aliphatic rings. The van der Waals surface area contributed by atoms with E-state index in [-0.39, 0.29) is 22.4 Å². The van der Waals surface area contributed by atoms with Crippen molar-refractivity contribution in [1.82, 2.24) is 0 Å². The van der Waals surface area contributed by atoms with Gasteiger partial charge in [0.25, 0.3) is 5.91 Å². The summed E-state index contributed by atoms with van der Waals surface area (Å²) in [6, 6.07) is 5.02. The normalized spacial score (nSPS) is 15.4. The van der Waals surface area contributed by atoms with Crippen molar-refractivity contribution in [3.05, 3.63) is 62.9 Å². The molecule has 3 rings (SSSR count). The van der Waals surface area contributed by atoms with Crippen LogP contribution in [-0.4, -0.2) is 17.7 Å². The third-order valence-corrected chi connectivity index (χ3v) is 4.59. The van der Waals surface area contributed by atoms with E-state index in [1.807, 2.05) is 0 Å². The number of rotatable bonds is 4. The summed E-state index contributed by atoms with van der Waals surface area (Å²) in [7, 11) is 0. The van der Waals surface area contributed by atoms with Gasteiger partial charge in [-0.1, -0.05) is 15.9 Å². The molecule has 1 amide bonds. The molecule has 1 aliphatic heterocycles. The predicted molar refractivity (Wildman–Crippen MR) is 105 cm³/mol. The van der Waals surface area contributed by atoms with Gasteiger partial charge in [0.15, 0.2) is 23.3 Å². The van der Waals surface area contributed by atoms with Crippen molar-refractivity contribution in [3.63, 3.8) is 0 Å². The monoisotopic (exact) mass is 488 g/mol. The molecule has 2 aromatic carbocycles. The molecular formula is C20H14BrF5N2O2. The molecular weight excluding hydrogens is 475 g/mol. The van der Waals surface area contributed by atoms with Crippen molar-refractivity contribution in [2.75, 3.05) is 5.01 Å². The summed E-state index contributed by atoms with van der Waals surface area (Å²) >= 11 is 3.30. The number of halogens is 6. The van der Waals surface area contributed by atoms with Gasteiger partial charge < -0.3 is 4.74 Å². The van der Waals surface area contributed by atoms with E-state index in [9.17, 15) is 26.7 Å². The second kappa shape index (κ2) is 8.17. The Bertz CT molecular complexity index is 1090. The Morgan fingerprint density at radius 2 is 1.60 bits per heavy atom. The minimum absolute atomic E-state index is 0.0272. The zero-order chi connectivity index (χ0) is 22.3. The minimum Gasteiger partial charge on any atom is -0.490 e. The third-order valence-electron chi connectivity index (χ3n) is 4.10. The summed E-state index contributed by atoms with van der Waals surface area (Å²) < 4.78 is 75.1. The first-order valence-electron chi connectivity index (χ1n) is 8.62. The van der Waals surface area contributed by atoms with Crippen LogP contribution in [0.1, 0.15) is 26.3 Å². The van der Waals surface area contributed by atoms with Crippen LogP contribution in [0.3, 0.4) is 0 Å². The van der Waals surface area contributed by atoms with E-state index in [0.29, 0.717) is 15.8 Å². The molecule has 0 aliphatic carbocycles. The Labute approximate surface area is 176 Å². The fourth-order valence-corrected chi connectivity index (χ4v) is 3.14. The van der Waals surface area contributed by atoms with Crippen LogP contribution in [0.25, 0.3) is 6.08 Å². The van der Waals surface area contributed by atoms with E-state index in [2.05, 4.69) is 21.0 Å². The zero-order valence-electron chi connectivity index (χ0n) is 15.9. The molecule has 0 atom stereocenters. The molecule has 0 N–H and O–H groups in total. The fourth-order valence-electron chi connectivity index (χ4n) is 2.76. The molecule has 2 aromatic rings. The van der Waals surface area contributed by atoms with Crippen LogP contribution in [0.4, 0.5) is 27.6 Å². The number of benzene rings is 2. The Morgan fingerprint density at radius 1 is 1.03 bits per heavy atom. The lowest BCUT2D eigenvalue weighted by atomic mass is 10.1. The molecule has 0 spiro atoms. The Morgan fingerprint density at radius 3 is 2.17 bits per heavy atom. The second-order valence-electron chi connectivity index (χ2n) is 6.63. The largest absolute Gasteiger partial charge is 0.490 e. The lowest BCUT2D eigenvalue weighted by molar-refractivity contribution is -0.114. The van der Waals surface area contributed by atoms with Crippen LogP contribution in [0.2, 0.25) is 0 Å². The summed E-state index contributed by atoms with van der Waals surface area (Å²) in [6.45, 7) is 4.98. The van der Waals surface area contributed by atoms with Gasteiger partial charge in [-0.05, 0) is 45.0 Å². The minimum atomic E-state index is -2.32. The van der Waals surface area contributed by atoms with Gasteiger partial charge in [0.1, 0.15) is 11.4 Å². The first kappa shape index (κ1) is 21.9. The average Bonchev–Trinajstić information content (AvgIpc) is 2.95. The van der Waals surface area contributed by atoms with Gasteiger partial charge >= 0.3 is 0 Å². The van der Waals surface area contributed by atoms with Crippen molar-refractivity contribution >= 4 is 39.3 Å². The highest BCUT2D eigenvalue weighted by Gasteiger charge is 2.37. The molecule has 158 valence electrons. The third kappa shape index (κ3) is 3.83. The Kier molecular flexibility index (Phi) is 5.98. The summed E-state index contributed by atoms with van der Waals surface area (Å²) in [5.74, 6) is -11.6. The molecule has 10 heteroatoms. The number of carbonyl (C=O) groups is 1. The highest BCUT2D eigenvalue weighted by atomic mass is 79.9. The number of anilines is 1. The van der Waals surface area contributed by atoms with Crippen LogP contribution >= 0.6 is 15.9 Å². The molecule has 0 fully saturated rings. The summed E-state index contributed by atoms with van der Waals surface area (Å²) in [4.78, 5) is 12.8. The number of hydrazone groups is 1. The molecule has 0 saturated carbocycles. The summed E-state index contributed by atoms with van der Waals surface area (Å²) in [5, 5.41) is 3.87. The Balaban J connectivity index is 2.10. The molecule has 0 unspecified atom stereocenters. The van der Waals surface area contributed by atoms with Crippen molar-refractivity contribution in [2.24, 2.45) is 5.10 Å². The lowest BCUT2D eigenvalue weighted by Gasteiger charge is -2.15. The number of carbonyl (C=O) groups excluding carboxylic acids is 1. The molecule has 0 saturated heterocycles. The number of hydrogen-bond donors (Lipinski definition) is 0. The van der Waals surface area contributed by atoms with Crippen LogP contribution in [0, 0.1) is 29.1 Å². The van der Waals surface area contributed by atoms with Crippen LogP contribution in [-0.2, 0) is 4.79 Å². The first-order chi connectivity index (χ1) is 14.0. The lowest BCUT2D eigenvalue weighted by Crippen LogP contribution is -2.25. The van der Waals surface area contributed by atoms with E-state index >= 15 is 0 Å². The van der Waals surface area contributed by atoms with Gasteiger partial charge in [0, 0.05) is 10.0 Å². The zero-order valence-corrected chi connectivity index (χ0v) is 17.5. The maximum absolute atomic E-state index is 14.1. The fraction of sp³-hybridized carbons (Fsp3) is 0.200. The van der Waals surface area contributed by atoms with Gasteiger partial charge in [-0.2, -0.15) is 10.1 Å². The highest BCUT2D eigenvalue weighted by molar-refractivity contribution is 9.10. The van der Waals surface area contributed by atoms with Crippen molar-refractivity contribution < 1.29 is 31.5 Å².